The lowest BCUT2D eigenvalue weighted by molar-refractivity contribution is 0.591. The SMILES string of the molecule is CC(C)(C)c1ccc2c(c1)c1cc(-c3ccccc3)ccc1n2-c1c(C#N)c(-n2c3ccc(-c4ccccc4)cc3c3cc(C(C)(C)C)ccc32)c(C#N)c(-n2c3ccccc3c3ccc(-c4ccccc4)nc32)c1C#N. The summed E-state index contributed by atoms with van der Waals surface area (Å²) in [5.74, 6) is 0. The molecule has 0 atom stereocenters. The van der Waals surface area contributed by atoms with Crippen LogP contribution in [0, 0.1) is 34.0 Å². The van der Waals surface area contributed by atoms with Gasteiger partial charge in [-0.3, -0.25) is 4.57 Å². The van der Waals surface area contributed by atoms with Crippen molar-refractivity contribution in [1.29, 1.82) is 15.8 Å². The van der Waals surface area contributed by atoms with Crippen molar-refractivity contribution in [1.82, 2.24) is 18.7 Å². The Balaban J connectivity index is 1.26. The quantitative estimate of drug-likeness (QED) is 0.166. The van der Waals surface area contributed by atoms with Gasteiger partial charge in [-0.2, -0.15) is 15.8 Å². The number of nitrogens with zero attached hydrogens (tertiary/aromatic N) is 7. The fourth-order valence-electron chi connectivity index (χ4n) is 11.6. The van der Waals surface area contributed by atoms with Crippen LogP contribution in [0.15, 0.2) is 200 Å². The lowest BCUT2D eigenvalue weighted by Crippen LogP contribution is -2.15. The first-order valence-corrected chi connectivity index (χ1v) is 26.1. The van der Waals surface area contributed by atoms with E-state index >= 15 is 0 Å². The van der Waals surface area contributed by atoms with Gasteiger partial charge in [0.1, 0.15) is 40.5 Å². The van der Waals surface area contributed by atoms with E-state index in [0.717, 1.165) is 105 Å². The van der Waals surface area contributed by atoms with Crippen molar-refractivity contribution < 1.29 is 0 Å². The predicted octanol–water partition coefficient (Wildman–Crippen LogP) is 17.6. The molecule has 4 heterocycles. The monoisotopic (exact) mass is 989 g/mol. The van der Waals surface area contributed by atoms with Gasteiger partial charge in [0.05, 0.1) is 50.3 Å². The average Bonchev–Trinajstić information content (AvgIpc) is 4.29. The fraction of sp³-hybridized carbons (Fsp3) is 0.114. The number of benzene rings is 9. The summed E-state index contributed by atoms with van der Waals surface area (Å²) in [6.45, 7) is 13.3. The van der Waals surface area contributed by atoms with Gasteiger partial charge in [0.25, 0.3) is 0 Å². The normalized spacial score (nSPS) is 12.0. The van der Waals surface area contributed by atoms with Crippen LogP contribution in [0.25, 0.3) is 116 Å². The number of rotatable bonds is 6. The molecule has 0 aliphatic rings. The summed E-state index contributed by atoms with van der Waals surface area (Å²) in [7, 11) is 0. The first-order valence-electron chi connectivity index (χ1n) is 26.1. The largest absolute Gasteiger partial charge is 0.306 e. The lowest BCUT2D eigenvalue weighted by atomic mass is 9.86. The molecule has 0 radical (unpaired) electrons. The molecule has 366 valence electrons. The highest BCUT2D eigenvalue weighted by molar-refractivity contribution is 6.14. The summed E-state index contributed by atoms with van der Waals surface area (Å²) < 4.78 is 6.21. The standard InChI is InChI=1S/C70H51N7/c1-69(2,3)48-28-34-63-54(38-48)52-36-46(43-18-10-7-11-19-43)26-32-61(52)75(63)65-56(40-71)66(76-62-33-27-47(44-20-12-8-13-21-44)37-53(62)55-39-49(70(4,5)6)29-35-64(55)76)58(42-73)67(57(65)41-72)77-60-25-17-16-24-50(60)51-30-31-59(74-68(51)77)45-22-14-9-15-23-45/h7-39H,1-6H3. The van der Waals surface area contributed by atoms with E-state index in [1.807, 2.05) is 95.6 Å². The van der Waals surface area contributed by atoms with Crippen molar-refractivity contribution in [3.8, 4) is 68.8 Å². The minimum atomic E-state index is -0.185. The van der Waals surface area contributed by atoms with Gasteiger partial charge in [-0.15, -0.1) is 0 Å². The van der Waals surface area contributed by atoms with Crippen LogP contribution in [-0.4, -0.2) is 18.7 Å². The Labute approximate surface area is 447 Å². The predicted molar refractivity (Wildman–Crippen MR) is 315 cm³/mol. The minimum absolute atomic E-state index is 0.171. The van der Waals surface area contributed by atoms with Crippen LogP contribution < -0.4 is 0 Å². The molecule has 13 aromatic rings. The van der Waals surface area contributed by atoms with Crippen molar-refractivity contribution in [2.45, 2.75) is 52.4 Å². The van der Waals surface area contributed by atoms with Crippen molar-refractivity contribution in [3.63, 3.8) is 0 Å². The Kier molecular flexibility index (Phi) is 10.7. The number of pyridine rings is 1. The smallest absolute Gasteiger partial charge is 0.146 e. The molecule has 77 heavy (non-hydrogen) atoms. The number of hydrogen-bond donors (Lipinski definition) is 0. The molecular weight excluding hydrogens is 939 g/mol. The van der Waals surface area contributed by atoms with E-state index in [0.29, 0.717) is 22.7 Å². The van der Waals surface area contributed by atoms with E-state index in [-0.39, 0.29) is 27.5 Å². The van der Waals surface area contributed by atoms with Crippen molar-refractivity contribution in [2.24, 2.45) is 0 Å². The molecule has 0 fully saturated rings. The molecule has 0 N–H and O–H groups in total. The molecule has 4 aromatic heterocycles. The summed E-state index contributed by atoms with van der Waals surface area (Å²) in [5.41, 5.74) is 14.1. The highest BCUT2D eigenvalue weighted by Crippen LogP contribution is 2.47. The van der Waals surface area contributed by atoms with Crippen LogP contribution in [-0.2, 0) is 10.8 Å². The first-order chi connectivity index (χ1) is 37.4. The molecule has 0 aliphatic carbocycles. The summed E-state index contributed by atoms with van der Waals surface area (Å²) >= 11 is 0. The maximum atomic E-state index is 12.2. The second-order valence-corrected chi connectivity index (χ2v) is 22.1. The van der Waals surface area contributed by atoms with Crippen LogP contribution in [0.2, 0.25) is 0 Å². The van der Waals surface area contributed by atoms with E-state index in [1.165, 1.54) is 0 Å². The number of nitriles is 3. The van der Waals surface area contributed by atoms with E-state index in [2.05, 4.69) is 178 Å². The summed E-state index contributed by atoms with van der Waals surface area (Å²) in [6, 6.07) is 77.0. The number of fused-ring (bicyclic) bond motifs is 9. The van der Waals surface area contributed by atoms with E-state index in [1.54, 1.807) is 0 Å². The zero-order valence-electron chi connectivity index (χ0n) is 43.7. The molecular formula is C70H51N7. The third-order valence-electron chi connectivity index (χ3n) is 15.5. The van der Waals surface area contributed by atoms with Gasteiger partial charge in [-0.1, -0.05) is 175 Å². The summed E-state index contributed by atoms with van der Waals surface area (Å²) in [4.78, 5) is 5.44. The molecule has 0 aliphatic heterocycles. The molecule has 13 rings (SSSR count). The number of para-hydroxylation sites is 1. The molecule has 0 bridgehead atoms. The molecule has 0 spiro atoms. The van der Waals surface area contributed by atoms with Crippen LogP contribution in [0.1, 0.15) is 69.4 Å². The van der Waals surface area contributed by atoms with Crippen LogP contribution in [0.4, 0.5) is 0 Å². The maximum absolute atomic E-state index is 12.2. The zero-order valence-corrected chi connectivity index (χ0v) is 43.7. The minimum Gasteiger partial charge on any atom is -0.306 e. The second kappa shape index (κ2) is 17.6. The maximum Gasteiger partial charge on any atom is 0.146 e. The molecule has 9 aromatic carbocycles. The highest BCUT2D eigenvalue weighted by atomic mass is 15.1. The molecule has 0 amide bonds. The Morgan fingerprint density at radius 2 is 0.701 bits per heavy atom. The average molecular weight is 990 g/mol. The molecule has 7 heteroatoms. The Morgan fingerprint density at radius 1 is 0.325 bits per heavy atom. The number of aromatic nitrogens is 4. The summed E-state index contributed by atoms with van der Waals surface area (Å²) in [5, 5.41) is 42.3. The third-order valence-corrected chi connectivity index (χ3v) is 15.5. The third kappa shape index (κ3) is 7.33. The molecule has 0 unspecified atom stereocenters. The Hall–Kier alpha value is -10.0. The van der Waals surface area contributed by atoms with Gasteiger partial charge < -0.3 is 9.13 Å². The van der Waals surface area contributed by atoms with Crippen molar-refractivity contribution in [3.05, 3.63) is 228 Å². The van der Waals surface area contributed by atoms with E-state index in [9.17, 15) is 15.8 Å². The Morgan fingerprint density at radius 3 is 1.14 bits per heavy atom. The lowest BCUT2D eigenvalue weighted by Gasteiger charge is -2.24. The molecule has 0 saturated carbocycles. The van der Waals surface area contributed by atoms with Crippen molar-refractivity contribution >= 4 is 65.5 Å². The van der Waals surface area contributed by atoms with Gasteiger partial charge in [0.15, 0.2) is 0 Å². The topological polar surface area (TPSA) is 99.0 Å². The highest BCUT2D eigenvalue weighted by Gasteiger charge is 2.34. The molecule has 7 nitrogen and oxygen atoms in total. The fourth-order valence-corrected chi connectivity index (χ4v) is 11.6. The van der Waals surface area contributed by atoms with Gasteiger partial charge in [-0.05, 0) is 111 Å². The van der Waals surface area contributed by atoms with Gasteiger partial charge >= 0.3 is 0 Å². The summed E-state index contributed by atoms with van der Waals surface area (Å²) in [6.07, 6.45) is 0. The Bertz CT molecular complexity index is 4490. The van der Waals surface area contributed by atoms with Crippen LogP contribution in [0.3, 0.4) is 0 Å². The number of hydrogen-bond acceptors (Lipinski definition) is 4. The van der Waals surface area contributed by atoms with E-state index < -0.39 is 0 Å². The van der Waals surface area contributed by atoms with Gasteiger partial charge in [0, 0.05) is 37.9 Å². The molecule has 0 saturated heterocycles. The van der Waals surface area contributed by atoms with E-state index in [4.69, 9.17) is 4.98 Å². The van der Waals surface area contributed by atoms with Gasteiger partial charge in [-0.25, -0.2) is 4.98 Å². The first kappa shape index (κ1) is 46.8. The van der Waals surface area contributed by atoms with Crippen LogP contribution >= 0.6 is 0 Å². The van der Waals surface area contributed by atoms with Gasteiger partial charge in [0.2, 0.25) is 0 Å². The van der Waals surface area contributed by atoms with Crippen molar-refractivity contribution in [2.75, 3.05) is 0 Å². The second-order valence-electron chi connectivity index (χ2n) is 22.1. The zero-order chi connectivity index (χ0) is 52.9. The van der Waals surface area contributed by atoms with Crippen LogP contribution in [0.5, 0.6) is 0 Å².